The summed E-state index contributed by atoms with van der Waals surface area (Å²) in [7, 11) is 0. The maximum absolute atomic E-state index is 12.8. The number of aromatic nitrogens is 1. The monoisotopic (exact) mass is 346 g/mol. The molecule has 2 aromatic rings. The molecule has 0 bridgehead atoms. The van der Waals surface area contributed by atoms with Crippen molar-refractivity contribution >= 4 is 17.8 Å². The third-order valence-electron chi connectivity index (χ3n) is 4.34. The Bertz CT molecular complexity index is 760. The summed E-state index contributed by atoms with van der Waals surface area (Å²) in [5, 5.41) is 0. The normalized spacial score (nSPS) is 15.8. The molecule has 1 aliphatic rings. The number of nitrogens with zero attached hydrogens (tertiary/aromatic N) is 2. The number of aryl methyl sites for hydroxylation is 1. The highest BCUT2D eigenvalue weighted by Crippen LogP contribution is 2.30. The Morgan fingerprint density at radius 1 is 1.00 bits per heavy atom. The highest BCUT2D eigenvalue weighted by atomic mass is 19.4. The Labute approximate surface area is 146 Å². The Morgan fingerprint density at radius 3 is 2.48 bits per heavy atom. The molecular formula is C20H21F3N2. The van der Waals surface area contributed by atoms with Crippen LogP contribution in [-0.4, -0.2) is 18.1 Å². The Hall–Kier alpha value is -2.30. The summed E-state index contributed by atoms with van der Waals surface area (Å²) in [5.74, 6) is 0. The molecular weight excluding hydrogens is 325 g/mol. The van der Waals surface area contributed by atoms with Gasteiger partial charge < -0.3 is 4.90 Å². The van der Waals surface area contributed by atoms with Crippen LogP contribution in [-0.2, 0) is 6.18 Å². The molecule has 0 N–H and O–H groups in total. The van der Waals surface area contributed by atoms with Crippen LogP contribution in [0.2, 0.25) is 0 Å². The first-order chi connectivity index (χ1) is 11.9. The van der Waals surface area contributed by atoms with E-state index in [0.29, 0.717) is 5.56 Å². The topological polar surface area (TPSA) is 16.1 Å². The van der Waals surface area contributed by atoms with Gasteiger partial charge in [0.15, 0.2) is 0 Å². The predicted octanol–water partition coefficient (Wildman–Crippen LogP) is 5.57. The number of benzene rings is 1. The lowest BCUT2D eigenvalue weighted by Crippen LogP contribution is -2.29. The molecule has 0 spiro atoms. The highest BCUT2D eigenvalue weighted by Gasteiger charge is 2.30. The van der Waals surface area contributed by atoms with Crippen molar-refractivity contribution < 1.29 is 13.2 Å². The van der Waals surface area contributed by atoms with Gasteiger partial charge in [-0.25, -0.2) is 0 Å². The second kappa shape index (κ2) is 7.30. The fourth-order valence-corrected chi connectivity index (χ4v) is 3.10. The zero-order chi connectivity index (χ0) is 17.9. The first kappa shape index (κ1) is 17.5. The van der Waals surface area contributed by atoms with E-state index in [9.17, 15) is 13.2 Å². The van der Waals surface area contributed by atoms with Crippen molar-refractivity contribution in [1.82, 2.24) is 4.98 Å². The van der Waals surface area contributed by atoms with E-state index in [2.05, 4.69) is 16.0 Å². The van der Waals surface area contributed by atoms with Crippen LogP contribution in [0, 0.1) is 6.92 Å². The largest absolute Gasteiger partial charge is 0.416 e. The first-order valence-corrected chi connectivity index (χ1v) is 8.51. The molecule has 0 radical (unpaired) electrons. The molecule has 0 saturated carbocycles. The molecule has 1 fully saturated rings. The molecule has 0 amide bonds. The standard InChI is InChI=1S/C20H21F3N2/c1-15-12-19(25-10-3-2-4-11-25)14-18(24-15)9-8-16-6-5-7-17(13-16)20(21,22)23/h5-9,12-14H,2-4,10-11H2,1H3/b9-8+. The van der Waals surface area contributed by atoms with Crippen LogP contribution >= 0.6 is 0 Å². The summed E-state index contributed by atoms with van der Waals surface area (Å²) in [5.41, 5.74) is 2.68. The minimum atomic E-state index is -4.33. The Morgan fingerprint density at radius 2 is 1.76 bits per heavy atom. The van der Waals surface area contributed by atoms with Crippen molar-refractivity contribution in [3.63, 3.8) is 0 Å². The van der Waals surface area contributed by atoms with E-state index in [1.807, 2.05) is 13.0 Å². The maximum Gasteiger partial charge on any atom is 0.416 e. The number of alkyl halides is 3. The molecule has 2 heterocycles. The molecule has 0 unspecified atom stereocenters. The summed E-state index contributed by atoms with van der Waals surface area (Å²) in [6, 6.07) is 9.38. The molecule has 1 aromatic heterocycles. The van der Waals surface area contributed by atoms with Gasteiger partial charge in [-0.2, -0.15) is 13.2 Å². The van der Waals surface area contributed by atoms with Gasteiger partial charge in [0.1, 0.15) is 0 Å². The van der Waals surface area contributed by atoms with Gasteiger partial charge in [-0.3, -0.25) is 4.98 Å². The van der Waals surface area contributed by atoms with Gasteiger partial charge in [0.2, 0.25) is 0 Å². The van der Waals surface area contributed by atoms with Crippen LogP contribution in [0.5, 0.6) is 0 Å². The summed E-state index contributed by atoms with van der Waals surface area (Å²) in [6.45, 7) is 4.02. The van der Waals surface area contributed by atoms with Crippen LogP contribution in [0.3, 0.4) is 0 Å². The first-order valence-electron chi connectivity index (χ1n) is 8.51. The zero-order valence-electron chi connectivity index (χ0n) is 14.2. The molecule has 3 rings (SSSR count). The third kappa shape index (κ3) is 4.62. The van der Waals surface area contributed by atoms with Gasteiger partial charge in [-0.15, -0.1) is 0 Å². The number of hydrogen-bond acceptors (Lipinski definition) is 2. The minimum absolute atomic E-state index is 0.512. The van der Waals surface area contributed by atoms with Gasteiger partial charge in [0.05, 0.1) is 11.3 Å². The van der Waals surface area contributed by atoms with Gasteiger partial charge in [-0.1, -0.05) is 18.2 Å². The third-order valence-corrected chi connectivity index (χ3v) is 4.34. The van der Waals surface area contributed by atoms with Crippen molar-refractivity contribution in [3.8, 4) is 0 Å². The second-order valence-electron chi connectivity index (χ2n) is 6.40. The van der Waals surface area contributed by atoms with E-state index in [0.717, 1.165) is 42.3 Å². The van der Waals surface area contributed by atoms with Gasteiger partial charge in [0.25, 0.3) is 0 Å². The van der Waals surface area contributed by atoms with Crippen LogP contribution in [0.15, 0.2) is 36.4 Å². The lowest BCUT2D eigenvalue weighted by atomic mass is 10.1. The van der Waals surface area contributed by atoms with E-state index in [-0.39, 0.29) is 0 Å². The van der Waals surface area contributed by atoms with Crippen molar-refractivity contribution in [2.45, 2.75) is 32.4 Å². The van der Waals surface area contributed by atoms with Crippen molar-refractivity contribution in [2.24, 2.45) is 0 Å². The average molecular weight is 346 g/mol. The molecule has 1 saturated heterocycles. The van der Waals surface area contributed by atoms with Crippen molar-refractivity contribution in [1.29, 1.82) is 0 Å². The zero-order valence-corrected chi connectivity index (χ0v) is 14.2. The lowest BCUT2D eigenvalue weighted by Gasteiger charge is -2.29. The molecule has 0 aliphatic carbocycles. The second-order valence-corrected chi connectivity index (χ2v) is 6.40. The number of hydrogen-bond donors (Lipinski definition) is 0. The number of piperidine rings is 1. The fourth-order valence-electron chi connectivity index (χ4n) is 3.10. The fraction of sp³-hybridized carbons (Fsp3) is 0.350. The predicted molar refractivity (Wildman–Crippen MR) is 95.4 cm³/mol. The number of pyridine rings is 1. The number of anilines is 1. The molecule has 0 atom stereocenters. The van der Waals surface area contributed by atoms with Gasteiger partial charge in [-0.05, 0) is 62.1 Å². The molecule has 5 heteroatoms. The Balaban J connectivity index is 1.82. The molecule has 1 aromatic carbocycles. The van der Waals surface area contributed by atoms with Crippen LogP contribution in [0.1, 0.15) is 41.8 Å². The molecule has 2 nitrogen and oxygen atoms in total. The minimum Gasteiger partial charge on any atom is -0.371 e. The lowest BCUT2D eigenvalue weighted by molar-refractivity contribution is -0.137. The van der Waals surface area contributed by atoms with Gasteiger partial charge >= 0.3 is 6.18 Å². The Kier molecular flexibility index (Phi) is 5.11. The van der Waals surface area contributed by atoms with Crippen molar-refractivity contribution in [3.05, 3.63) is 58.9 Å². The van der Waals surface area contributed by atoms with Crippen LogP contribution in [0.25, 0.3) is 12.2 Å². The molecule has 132 valence electrons. The quantitative estimate of drug-likeness (QED) is 0.722. The summed E-state index contributed by atoms with van der Waals surface area (Å²) in [4.78, 5) is 6.83. The van der Waals surface area contributed by atoms with Gasteiger partial charge in [0, 0.05) is 24.5 Å². The average Bonchev–Trinajstić information content (AvgIpc) is 2.60. The van der Waals surface area contributed by atoms with E-state index >= 15 is 0 Å². The van der Waals surface area contributed by atoms with E-state index in [1.54, 1.807) is 18.2 Å². The molecule has 25 heavy (non-hydrogen) atoms. The van der Waals surface area contributed by atoms with Crippen LogP contribution < -0.4 is 4.90 Å². The SMILES string of the molecule is Cc1cc(N2CCCCC2)cc(/C=C/c2cccc(C(F)(F)F)c2)n1. The summed E-state index contributed by atoms with van der Waals surface area (Å²) >= 11 is 0. The van der Waals surface area contributed by atoms with E-state index in [1.165, 1.54) is 25.3 Å². The summed E-state index contributed by atoms with van der Waals surface area (Å²) < 4.78 is 38.4. The van der Waals surface area contributed by atoms with E-state index < -0.39 is 11.7 Å². The number of rotatable bonds is 3. The van der Waals surface area contributed by atoms with Crippen LogP contribution in [0.4, 0.5) is 18.9 Å². The van der Waals surface area contributed by atoms with E-state index in [4.69, 9.17) is 0 Å². The smallest absolute Gasteiger partial charge is 0.371 e. The van der Waals surface area contributed by atoms with Crippen molar-refractivity contribution in [2.75, 3.05) is 18.0 Å². The molecule has 1 aliphatic heterocycles. The maximum atomic E-state index is 12.8. The summed E-state index contributed by atoms with van der Waals surface area (Å²) in [6.07, 6.45) is 2.77. The highest BCUT2D eigenvalue weighted by molar-refractivity contribution is 5.70. The number of halogens is 3.